The molecule has 2 aliphatic heterocycles. The fourth-order valence-corrected chi connectivity index (χ4v) is 6.93. The summed E-state index contributed by atoms with van der Waals surface area (Å²) < 4.78 is 16.1. The lowest BCUT2D eigenvalue weighted by molar-refractivity contribution is -0.136. The molecule has 0 radical (unpaired) electrons. The van der Waals surface area contributed by atoms with Crippen LogP contribution in [0.25, 0.3) is 0 Å². The van der Waals surface area contributed by atoms with E-state index in [1.165, 1.54) is 16.0 Å². The van der Waals surface area contributed by atoms with Crippen LogP contribution in [0.2, 0.25) is 0 Å². The second-order valence-electron chi connectivity index (χ2n) is 11.7. The van der Waals surface area contributed by atoms with Crippen LogP contribution in [0.15, 0.2) is 72.8 Å². The molecule has 3 aliphatic rings. The van der Waals surface area contributed by atoms with Crippen molar-refractivity contribution in [1.29, 1.82) is 0 Å². The first-order valence-electron chi connectivity index (χ1n) is 14.7. The lowest BCUT2D eigenvalue weighted by Gasteiger charge is -2.40. The van der Waals surface area contributed by atoms with Gasteiger partial charge in [0.05, 0.1) is 6.54 Å². The molecule has 6 rings (SSSR count). The molecule has 212 valence electrons. The number of piperidine rings is 1. The minimum absolute atomic E-state index is 0.0579. The Morgan fingerprint density at radius 3 is 2.15 bits per heavy atom. The smallest absolute Gasteiger partial charge is 0.255 e. The monoisotopic (exact) mass is 553 g/mol. The number of amides is 3. The van der Waals surface area contributed by atoms with Crippen molar-refractivity contribution < 1.29 is 18.8 Å². The SMILES string of the molecule is O=C1CCC(N2Cc3c(ccc(C[C@H]4CCCC[C@@H]4N(Cc4ccccc4)Cc4ccccc4)c3F)C2=O)C(=O)N1. The highest BCUT2D eigenvalue weighted by Gasteiger charge is 2.41. The molecule has 6 nitrogen and oxygen atoms in total. The Labute approximate surface area is 240 Å². The first kappa shape index (κ1) is 27.3. The molecule has 0 aromatic heterocycles. The maximum Gasteiger partial charge on any atom is 0.255 e. The highest BCUT2D eigenvalue weighted by atomic mass is 19.1. The summed E-state index contributed by atoms with van der Waals surface area (Å²) in [7, 11) is 0. The zero-order chi connectivity index (χ0) is 28.3. The van der Waals surface area contributed by atoms with Gasteiger partial charge in [-0.25, -0.2) is 4.39 Å². The Morgan fingerprint density at radius 1 is 0.829 bits per heavy atom. The average molecular weight is 554 g/mol. The Balaban J connectivity index is 1.23. The number of carbonyl (C=O) groups is 3. The van der Waals surface area contributed by atoms with Crippen molar-refractivity contribution in [2.75, 3.05) is 0 Å². The molecule has 1 N–H and O–H groups in total. The van der Waals surface area contributed by atoms with Gasteiger partial charge in [-0.1, -0.05) is 79.6 Å². The van der Waals surface area contributed by atoms with Crippen LogP contribution in [-0.2, 0) is 35.6 Å². The van der Waals surface area contributed by atoms with E-state index in [2.05, 4.69) is 58.7 Å². The molecule has 0 bridgehead atoms. The summed E-state index contributed by atoms with van der Waals surface area (Å²) in [5.74, 6) is -1.20. The number of hydrogen-bond acceptors (Lipinski definition) is 4. The van der Waals surface area contributed by atoms with Crippen LogP contribution in [0.4, 0.5) is 4.39 Å². The first-order valence-corrected chi connectivity index (χ1v) is 14.7. The van der Waals surface area contributed by atoms with Gasteiger partial charge in [0.2, 0.25) is 11.8 Å². The molecular weight excluding hydrogens is 517 g/mol. The van der Waals surface area contributed by atoms with Crippen LogP contribution < -0.4 is 5.32 Å². The van der Waals surface area contributed by atoms with Gasteiger partial charge in [0.25, 0.3) is 5.91 Å². The fourth-order valence-electron chi connectivity index (χ4n) is 6.93. The lowest BCUT2D eigenvalue weighted by Crippen LogP contribution is -2.52. The van der Waals surface area contributed by atoms with E-state index in [1.54, 1.807) is 12.1 Å². The van der Waals surface area contributed by atoms with Gasteiger partial charge in [0.1, 0.15) is 11.9 Å². The topological polar surface area (TPSA) is 69.7 Å². The molecule has 41 heavy (non-hydrogen) atoms. The van der Waals surface area contributed by atoms with Crippen LogP contribution in [0.5, 0.6) is 0 Å². The molecule has 3 amide bonds. The number of rotatable bonds is 8. The van der Waals surface area contributed by atoms with Crippen molar-refractivity contribution in [2.24, 2.45) is 5.92 Å². The third-order valence-corrected chi connectivity index (χ3v) is 9.01. The van der Waals surface area contributed by atoms with E-state index in [1.807, 2.05) is 12.1 Å². The van der Waals surface area contributed by atoms with E-state index in [-0.39, 0.29) is 42.9 Å². The van der Waals surface area contributed by atoms with Crippen LogP contribution >= 0.6 is 0 Å². The number of nitrogens with zero attached hydrogens (tertiary/aromatic N) is 2. The number of halogens is 1. The minimum atomic E-state index is -0.747. The van der Waals surface area contributed by atoms with E-state index in [0.717, 1.165) is 38.8 Å². The molecular formula is C34H36FN3O3. The molecule has 1 saturated heterocycles. The first-order chi connectivity index (χ1) is 20.0. The summed E-state index contributed by atoms with van der Waals surface area (Å²) in [6.07, 6.45) is 5.43. The highest BCUT2D eigenvalue weighted by molar-refractivity contribution is 6.05. The van der Waals surface area contributed by atoms with E-state index in [0.29, 0.717) is 29.2 Å². The molecule has 7 heteroatoms. The van der Waals surface area contributed by atoms with Gasteiger partial charge < -0.3 is 4.90 Å². The third-order valence-electron chi connectivity index (χ3n) is 9.01. The summed E-state index contributed by atoms with van der Waals surface area (Å²) in [4.78, 5) is 41.2. The van der Waals surface area contributed by atoms with Gasteiger partial charge in [-0.2, -0.15) is 0 Å². The van der Waals surface area contributed by atoms with Crippen molar-refractivity contribution in [1.82, 2.24) is 15.1 Å². The Morgan fingerprint density at radius 2 is 1.49 bits per heavy atom. The molecule has 1 aliphatic carbocycles. The maximum absolute atomic E-state index is 16.1. The zero-order valence-corrected chi connectivity index (χ0v) is 23.2. The molecule has 2 fully saturated rings. The molecule has 0 spiro atoms. The van der Waals surface area contributed by atoms with Gasteiger partial charge >= 0.3 is 0 Å². The third kappa shape index (κ3) is 5.82. The van der Waals surface area contributed by atoms with E-state index in [4.69, 9.17) is 0 Å². The van der Waals surface area contributed by atoms with Crippen LogP contribution in [0.1, 0.15) is 71.1 Å². The maximum atomic E-state index is 16.1. The van der Waals surface area contributed by atoms with Crippen LogP contribution in [0.3, 0.4) is 0 Å². The average Bonchev–Trinajstić information content (AvgIpc) is 3.32. The van der Waals surface area contributed by atoms with Gasteiger partial charge in [-0.05, 0) is 54.4 Å². The predicted molar refractivity (Wildman–Crippen MR) is 154 cm³/mol. The quantitative estimate of drug-likeness (QED) is 0.380. The second kappa shape index (κ2) is 12.0. The van der Waals surface area contributed by atoms with Crippen molar-refractivity contribution in [2.45, 2.75) is 76.7 Å². The standard InChI is InChI=1S/C34H36FN3O3/c35-32-26(15-16-27-28(32)22-38(34(27)41)30-17-18-31(39)36-33(30)40)19-25-13-7-8-14-29(25)37(20-23-9-3-1-4-10-23)21-24-11-5-2-6-12-24/h1-6,9-12,15-16,25,29-30H,7-8,13-14,17-22H2,(H,36,39,40)/t25-,29+,30?/m1/s1. The number of hydrogen-bond donors (Lipinski definition) is 1. The van der Waals surface area contributed by atoms with Crippen molar-refractivity contribution in [3.8, 4) is 0 Å². The number of imide groups is 1. The Hall–Kier alpha value is -3.84. The van der Waals surface area contributed by atoms with Gasteiger partial charge in [-0.3, -0.25) is 24.6 Å². The van der Waals surface area contributed by atoms with Gasteiger partial charge in [0.15, 0.2) is 0 Å². The molecule has 3 aromatic carbocycles. The molecule has 1 unspecified atom stereocenters. The highest BCUT2D eigenvalue weighted by Crippen LogP contribution is 2.36. The van der Waals surface area contributed by atoms with Crippen LogP contribution in [0, 0.1) is 11.7 Å². The van der Waals surface area contributed by atoms with Crippen molar-refractivity contribution in [3.05, 3.63) is 106 Å². The molecule has 3 atom stereocenters. The molecule has 2 heterocycles. The second-order valence-corrected chi connectivity index (χ2v) is 11.7. The number of benzene rings is 3. The fraction of sp³-hybridized carbons (Fsp3) is 0.382. The minimum Gasteiger partial charge on any atom is -0.322 e. The Bertz CT molecular complexity index is 1390. The zero-order valence-electron chi connectivity index (χ0n) is 23.2. The van der Waals surface area contributed by atoms with E-state index < -0.39 is 11.9 Å². The summed E-state index contributed by atoms with van der Waals surface area (Å²) in [5.41, 5.74) is 3.87. The van der Waals surface area contributed by atoms with Crippen LogP contribution in [-0.4, -0.2) is 39.6 Å². The summed E-state index contributed by atoms with van der Waals surface area (Å²) in [6.45, 7) is 1.72. The lowest BCUT2D eigenvalue weighted by atomic mass is 9.79. The van der Waals surface area contributed by atoms with Gasteiger partial charge in [-0.15, -0.1) is 0 Å². The number of fused-ring (bicyclic) bond motifs is 1. The summed E-state index contributed by atoms with van der Waals surface area (Å²) in [5, 5.41) is 2.31. The largest absolute Gasteiger partial charge is 0.322 e. The predicted octanol–water partition coefficient (Wildman–Crippen LogP) is 5.39. The number of carbonyl (C=O) groups excluding carboxylic acids is 3. The molecule has 3 aromatic rings. The summed E-state index contributed by atoms with van der Waals surface area (Å²) in [6, 6.07) is 24.1. The van der Waals surface area contributed by atoms with Crippen molar-refractivity contribution in [3.63, 3.8) is 0 Å². The Kier molecular flexibility index (Phi) is 7.97. The van der Waals surface area contributed by atoms with Crippen molar-refractivity contribution >= 4 is 17.7 Å². The van der Waals surface area contributed by atoms with E-state index in [9.17, 15) is 14.4 Å². The number of nitrogens with one attached hydrogen (secondary N) is 1. The van der Waals surface area contributed by atoms with E-state index >= 15 is 4.39 Å². The summed E-state index contributed by atoms with van der Waals surface area (Å²) >= 11 is 0. The normalized spacial score (nSPS) is 22.6. The van der Waals surface area contributed by atoms with Gasteiger partial charge in [0, 0.05) is 36.7 Å². The molecule has 1 saturated carbocycles.